The largest absolute Gasteiger partial charge is 0.359 e. The fourth-order valence-electron chi connectivity index (χ4n) is 4.70. The molecule has 9 nitrogen and oxygen atoms in total. The Bertz CT molecular complexity index is 1880. The van der Waals surface area contributed by atoms with E-state index in [0.717, 1.165) is 40.2 Å². The number of aromatic nitrogens is 4. The van der Waals surface area contributed by atoms with Crippen molar-refractivity contribution in [2.75, 3.05) is 4.72 Å². The second kappa shape index (κ2) is 10.0. The summed E-state index contributed by atoms with van der Waals surface area (Å²) in [6.07, 6.45) is 0.737. The third-order valence-corrected chi connectivity index (χ3v) is 8.21. The lowest BCUT2D eigenvalue weighted by Crippen LogP contribution is -2.15. The van der Waals surface area contributed by atoms with E-state index in [2.05, 4.69) is 27.4 Å². The normalized spacial score (nSPS) is 11.6. The van der Waals surface area contributed by atoms with Crippen molar-refractivity contribution < 1.29 is 12.9 Å². The van der Waals surface area contributed by atoms with Gasteiger partial charge in [-0.25, -0.2) is 18.4 Å². The van der Waals surface area contributed by atoms with Gasteiger partial charge in [0.15, 0.2) is 11.5 Å². The van der Waals surface area contributed by atoms with Gasteiger partial charge < -0.3 is 9.09 Å². The molecule has 0 radical (unpaired) electrons. The molecule has 0 fully saturated rings. The summed E-state index contributed by atoms with van der Waals surface area (Å²) in [5.41, 5.74) is 6.47. The fraction of sp³-hybridized carbons (Fsp3) is 0.241. The predicted octanol–water partition coefficient (Wildman–Crippen LogP) is 5.60. The van der Waals surface area contributed by atoms with Gasteiger partial charge in [-0.05, 0) is 57.0 Å². The number of anilines is 1. The number of nitrogens with one attached hydrogen (secondary N) is 1. The second-order valence-electron chi connectivity index (χ2n) is 9.53. The summed E-state index contributed by atoms with van der Waals surface area (Å²) in [6.45, 7) is 9.97. The Morgan fingerprint density at radius 1 is 1.03 bits per heavy atom. The van der Waals surface area contributed by atoms with E-state index in [4.69, 9.17) is 14.5 Å². The van der Waals surface area contributed by atoms with Crippen molar-refractivity contribution in [1.82, 2.24) is 19.7 Å². The number of sulfonamides is 1. The minimum atomic E-state index is -4.02. The minimum Gasteiger partial charge on any atom is -0.359 e. The molecule has 0 atom stereocenters. The first-order chi connectivity index (χ1) is 18.6. The predicted molar refractivity (Wildman–Crippen MR) is 149 cm³/mol. The van der Waals surface area contributed by atoms with Crippen molar-refractivity contribution in [2.24, 2.45) is 0 Å². The Hall–Kier alpha value is -4.49. The van der Waals surface area contributed by atoms with Crippen molar-refractivity contribution in [3.05, 3.63) is 88.1 Å². The number of nitriles is 1. The van der Waals surface area contributed by atoms with Crippen LogP contribution >= 0.6 is 0 Å². The van der Waals surface area contributed by atoms with Crippen LogP contribution in [-0.2, 0) is 23.0 Å². The van der Waals surface area contributed by atoms with Gasteiger partial charge in [-0.15, -0.1) is 0 Å². The van der Waals surface area contributed by atoms with E-state index < -0.39 is 10.0 Å². The Morgan fingerprint density at radius 3 is 2.49 bits per heavy atom. The zero-order chi connectivity index (χ0) is 27.9. The van der Waals surface area contributed by atoms with E-state index >= 15 is 0 Å². The van der Waals surface area contributed by atoms with E-state index in [1.165, 1.54) is 6.07 Å². The van der Waals surface area contributed by atoms with Crippen molar-refractivity contribution in [2.45, 2.75) is 52.5 Å². The van der Waals surface area contributed by atoms with E-state index in [9.17, 15) is 13.7 Å². The van der Waals surface area contributed by atoms with Crippen LogP contribution in [0.1, 0.15) is 46.5 Å². The molecule has 0 aliphatic rings. The van der Waals surface area contributed by atoms with Crippen LogP contribution in [0.2, 0.25) is 0 Å². The molecule has 0 aliphatic carbocycles. The average molecular weight is 541 g/mol. The van der Waals surface area contributed by atoms with Gasteiger partial charge in [-0.1, -0.05) is 42.4 Å². The van der Waals surface area contributed by atoms with Gasteiger partial charge in [0.25, 0.3) is 10.0 Å². The summed E-state index contributed by atoms with van der Waals surface area (Å²) < 4.78 is 36.5. The number of nitrogens with zero attached hydrogens (tertiary/aromatic N) is 5. The quantitative estimate of drug-likeness (QED) is 0.284. The first-order valence-corrected chi connectivity index (χ1v) is 14.0. The average Bonchev–Trinajstić information content (AvgIpc) is 3.42. The van der Waals surface area contributed by atoms with Crippen LogP contribution in [0.15, 0.2) is 57.9 Å². The maximum atomic E-state index is 13.4. The number of aryl methyl sites for hydroxylation is 4. The third-order valence-electron chi connectivity index (χ3n) is 6.82. The highest BCUT2D eigenvalue weighted by molar-refractivity contribution is 7.92. The third kappa shape index (κ3) is 4.77. The first-order valence-electron chi connectivity index (χ1n) is 12.5. The number of imidazole rings is 1. The number of hydrogen-bond donors (Lipinski definition) is 1. The number of hydrogen-bond acceptors (Lipinski definition) is 7. The number of benzene rings is 2. The molecule has 0 bridgehead atoms. The van der Waals surface area contributed by atoms with E-state index in [0.29, 0.717) is 34.6 Å². The molecule has 3 heterocycles. The maximum Gasteiger partial charge on any atom is 0.263 e. The summed E-state index contributed by atoms with van der Waals surface area (Å²) in [4.78, 5) is 9.59. The highest BCUT2D eigenvalue weighted by Gasteiger charge is 2.24. The number of pyridine rings is 1. The lowest BCUT2D eigenvalue weighted by Gasteiger charge is -2.14. The Balaban J connectivity index is 1.55. The van der Waals surface area contributed by atoms with Crippen LogP contribution in [0.4, 0.5) is 5.82 Å². The van der Waals surface area contributed by atoms with Gasteiger partial charge in [0.05, 0.1) is 23.1 Å². The second-order valence-corrected chi connectivity index (χ2v) is 11.2. The molecule has 3 aromatic heterocycles. The molecular weight excluding hydrogens is 512 g/mol. The Morgan fingerprint density at radius 2 is 1.79 bits per heavy atom. The number of rotatable bonds is 7. The molecule has 39 heavy (non-hydrogen) atoms. The summed E-state index contributed by atoms with van der Waals surface area (Å²) in [5, 5.41) is 13.9. The van der Waals surface area contributed by atoms with Crippen LogP contribution in [0, 0.1) is 39.0 Å². The molecule has 0 saturated carbocycles. The minimum absolute atomic E-state index is 0.0401. The van der Waals surface area contributed by atoms with Gasteiger partial charge in [0.1, 0.15) is 17.1 Å². The van der Waals surface area contributed by atoms with Crippen molar-refractivity contribution >= 4 is 27.0 Å². The molecule has 0 spiro atoms. The molecule has 10 heteroatoms. The molecule has 0 unspecified atom stereocenters. The molecule has 5 aromatic rings. The smallest absolute Gasteiger partial charge is 0.263 e. The monoisotopic (exact) mass is 540 g/mol. The molecule has 2 aromatic carbocycles. The molecule has 1 N–H and O–H groups in total. The van der Waals surface area contributed by atoms with Crippen LogP contribution in [0.3, 0.4) is 0 Å². The Kier molecular flexibility index (Phi) is 6.70. The van der Waals surface area contributed by atoms with Crippen molar-refractivity contribution in [3.8, 4) is 17.2 Å². The number of fused-ring (bicyclic) bond motifs is 1. The van der Waals surface area contributed by atoms with Crippen molar-refractivity contribution in [1.29, 1.82) is 5.26 Å². The first kappa shape index (κ1) is 26.1. The maximum absolute atomic E-state index is 13.4. The molecule has 5 rings (SSSR count). The topological polar surface area (TPSA) is 127 Å². The molecule has 0 saturated heterocycles. The van der Waals surface area contributed by atoms with E-state index in [-0.39, 0.29) is 10.7 Å². The summed E-state index contributed by atoms with van der Waals surface area (Å²) in [5.74, 6) is 1.58. The zero-order valence-electron chi connectivity index (χ0n) is 22.4. The molecule has 0 aliphatic heterocycles. The van der Waals surface area contributed by atoms with Crippen LogP contribution < -0.4 is 4.72 Å². The van der Waals surface area contributed by atoms with Gasteiger partial charge in [-0.3, -0.25) is 4.72 Å². The highest BCUT2D eigenvalue weighted by Crippen LogP contribution is 2.32. The molecule has 0 amide bonds. The summed E-state index contributed by atoms with van der Waals surface area (Å²) >= 11 is 0. The SMILES string of the molecule is CCc1nc2c(C)cc(C)nc2n1Cc1ccc(-c2ccccc2S(=O)(=O)Nc2noc(C)c2C)c(C#N)c1. The van der Waals surface area contributed by atoms with Crippen molar-refractivity contribution in [3.63, 3.8) is 0 Å². The summed E-state index contributed by atoms with van der Waals surface area (Å²) in [7, 11) is -4.02. The van der Waals surface area contributed by atoms with Gasteiger partial charge in [0, 0.05) is 28.8 Å². The molecule has 198 valence electrons. The van der Waals surface area contributed by atoms with Crippen LogP contribution in [0.25, 0.3) is 22.3 Å². The summed E-state index contributed by atoms with van der Waals surface area (Å²) in [6, 6.07) is 16.4. The zero-order valence-corrected chi connectivity index (χ0v) is 23.2. The van der Waals surface area contributed by atoms with Gasteiger partial charge >= 0.3 is 0 Å². The van der Waals surface area contributed by atoms with Crippen LogP contribution in [0.5, 0.6) is 0 Å². The van der Waals surface area contributed by atoms with Gasteiger partial charge in [-0.2, -0.15) is 5.26 Å². The highest BCUT2D eigenvalue weighted by atomic mass is 32.2. The van der Waals surface area contributed by atoms with Gasteiger partial charge in [0.2, 0.25) is 0 Å². The lowest BCUT2D eigenvalue weighted by molar-refractivity contribution is 0.399. The van der Waals surface area contributed by atoms with E-state index in [1.807, 2.05) is 26.0 Å². The Labute approximate surface area is 227 Å². The lowest BCUT2D eigenvalue weighted by atomic mass is 9.98. The standard InChI is InChI=1S/C29H28N6O3S/c1-6-26-32-27-17(2)13-18(3)31-29(27)35(26)16-21-11-12-23(22(14-21)15-30)24-9-7-8-10-25(24)39(36,37)34-28-19(4)20(5)38-33-28/h7-14H,6,16H2,1-5H3,(H,33,34). The van der Waals surface area contributed by atoms with Crippen LogP contribution in [-0.4, -0.2) is 28.1 Å². The molecular formula is C29H28N6O3S. The fourth-order valence-corrected chi connectivity index (χ4v) is 5.98. The van der Waals surface area contributed by atoms with E-state index in [1.54, 1.807) is 44.2 Å².